The predicted octanol–water partition coefficient (Wildman–Crippen LogP) is 2.91. The molecule has 0 radical (unpaired) electrons. The van der Waals surface area contributed by atoms with E-state index in [-0.39, 0.29) is 24.1 Å². The van der Waals surface area contributed by atoms with Crippen LogP contribution < -0.4 is 5.32 Å². The van der Waals surface area contributed by atoms with Gasteiger partial charge in [-0.05, 0) is 37.3 Å². The lowest BCUT2D eigenvalue weighted by Gasteiger charge is -2.17. The lowest BCUT2D eigenvalue weighted by atomic mass is 10.1. The van der Waals surface area contributed by atoms with Crippen molar-refractivity contribution in [2.75, 3.05) is 19.3 Å². The summed E-state index contributed by atoms with van der Waals surface area (Å²) in [4.78, 5) is 30.5. The van der Waals surface area contributed by atoms with E-state index < -0.39 is 0 Å². The second-order valence-corrected chi connectivity index (χ2v) is 8.54. The third kappa shape index (κ3) is 5.48. The molecule has 146 valence electrons. The molecular weight excluding hydrogens is 360 g/mol. The third-order valence-electron chi connectivity index (χ3n) is 4.62. The van der Waals surface area contributed by atoms with Gasteiger partial charge in [-0.1, -0.05) is 37.7 Å². The summed E-state index contributed by atoms with van der Waals surface area (Å²) in [5, 5.41) is 3.77. The molecule has 1 saturated carbocycles. The van der Waals surface area contributed by atoms with Gasteiger partial charge in [-0.3, -0.25) is 9.59 Å². The first-order valence-electron chi connectivity index (χ1n) is 9.55. The predicted molar refractivity (Wildman–Crippen MR) is 109 cm³/mol. The number of thioether (sulfide) groups is 1. The number of amides is 2. The minimum atomic E-state index is -0.0810. The van der Waals surface area contributed by atoms with Gasteiger partial charge in [-0.2, -0.15) is 0 Å². The van der Waals surface area contributed by atoms with Crippen molar-refractivity contribution >= 4 is 34.6 Å². The molecule has 7 heteroatoms. The van der Waals surface area contributed by atoms with Crippen molar-refractivity contribution in [2.24, 2.45) is 5.92 Å². The van der Waals surface area contributed by atoms with Crippen molar-refractivity contribution in [1.82, 2.24) is 19.8 Å². The summed E-state index contributed by atoms with van der Waals surface area (Å²) in [6.07, 6.45) is 3.15. The van der Waals surface area contributed by atoms with Crippen molar-refractivity contribution in [3.63, 3.8) is 0 Å². The van der Waals surface area contributed by atoms with Crippen LogP contribution in [0.4, 0.5) is 0 Å². The number of carbonyl (C=O) groups is 2. The first-order valence-corrected chi connectivity index (χ1v) is 10.5. The summed E-state index contributed by atoms with van der Waals surface area (Å²) in [5.41, 5.74) is 2.05. The number of nitrogens with one attached hydrogen (secondary N) is 1. The molecule has 27 heavy (non-hydrogen) atoms. The van der Waals surface area contributed by atoms with Crippen LogP contribution in [0.1, 0.15) is 33.1 Å². The Morgan fingerprint density at radius 2 is 2.07 bits per heavy atom. The number of likely N-dealkylation sites (N-methyl/N-ethyl adjacent to an activating group) is 1. The fraction of sp³-hybridized carbons (Fsp3) is 0.550. The SMILES string of the molecule is CC(C)CCn1c(SCC(=O)N(C)CC(=O)NC2CC2)nc2ccccc21. The summed E-state index contributed by atoms with van der Waals surface area (Å²) >= 11 is 1.44. The first kappa shape index (κ1) is 19.7. The van der Waals surface area contributed by atoms with E-state index in [1.807, 2.05) is 18.2 Å². The molecule has 0 atom stereocenters. The van der Waals surface area contributed by atoms with Gasteiger partial charge in [0.15, 0.2) is 5.16 Å². The van der Waals surface area contributed by atoms with Crippen molar-refractivity contribution in [3.05, 3.63) is 24.3 Å². The molecule has 2 aromatic rings. The number of nitrogens with zero attached hydrogens (tertiary/aromatic N) is 3. The second kappa shape index (κ2) is 8.78. The zero-order chi connectivity index (χ0) is 19.4. The molecule has 1 aromatic heterocycles. The quantitative estimate of drug-likeness (QED) is 0.671. The van der Waals surface area contributed by atoms with E-state index in [2.05, 4.69) is 29.8 Å². The molecule has 0 aliphatic heterocycles. The highest BCUT2D eigenvalue weighted by molar-refractivity contribution is 7.99. The van der Waals surface area contributed by atoms with E-state index in [4.69, 9.17) is 4.98 Å². The summed E-state index contributed by atoms with van der Waals surface area (Å²) < 4.78 is 2.20. The molecule has 1 fully saturated rings. The molecule has 0 bridgehead atoms. The van der Waals surface area contributed by atoms with Gasteiger partial charge in [0.25, 0.3) is 0 Å². The van der Waals surface area contributed by atoms with Crippen LogP contribution >= 0.6 is 11.8 Å². The van der Waals surface area contributed by atoms with Crippen LogP contribution in [-0.2, 0) is 16.1 Å². The second-order valence-electron chi connectivity index (χ2n) is 7.60. The zero-order valence-electron chi connectivity index (χ0n) is 16.3. The number of rotatable bonds is 9. The standard InChI is InChI=1S/C20H28N4O2S/c1-14(2)10-11-24-17-7-5-4-6-16(17)22-20(24)27-13-19(26)23(3)12-18(25)21-15-8-9-15/h4-7,14-15H,8-13H2,1-3H3,(H,21,25). The first-order chi connectivity index (χ1) is 12.9. The number of fused-ring (bicyclic) bond motifs is 1. The maximum atomic E-state index is 12.4. The van der Waals surface area contributed by atoms with Crippen molar-refractivity contribution < 1.29 is 9.59 Å². The summed E-state index contributed by atoms with van der Waals surface area (Å²) in [7, 11) is 1.68. The van der Waals surface area contributed by atoms with Crippen molar-refractivity contribution in [2.45, 2.75) is 50.9 Å². The highest BCUT2D eigenvalue weighted by atomic mass is 32.2. The van der Waals surface area contributed by atoms with Crippen molar-refractivity contribution in [1.29, 1.82) is 0 Å². The lowest BCUT2D eigenvalue weighted by molar-refractivity contribution is -0.132. The minimum absolute atomic E-state index is 0.0617. The Morgan fingerprint density at radius 3 is 2.78 bits per heavy atom. The Hall–Kier alpha value is -2.02. The highest BCUT2D eigenvalue weighted by Crippen LogP contribution is 2.25. The number of para-hydroxylation sites is 2. The van der Waals surface area contributed by atoms with Crippen LogP contribution in [0.2, 0.25) is 0 Å². The third-order valence-corrected chi connectivity index (χ3v) is 5.58. The Labute approximate surface area is 164 Å². The molecule has 0 unspecified atom stereocenters. The van der Waals surface area contributed by atoms with E-state index in [9.17, 15) is 9.59 Å². The number of imidazole rings is 1. The van der Waals surface area contributed by atoms with Crippen LogP contribution in [-0.4, -0.2) is 51.7 Å². The number of aromatic nitrogens is 2. The van der Waals surface area contributed by atoms with Crippen LogP contribution in [0.15, 0.2) is 29.4 Å². The van der Waals surface area contributed by atoms with Gasteiger partial charge in [-0.15, -0.1) is 0 Å². The molecule has 2 amide bonds. The van der Waals surface area contributed by atoms with Gasteiger partial charge in [0.05, 0.1) is 23.3 Å². The maximum Gasteiger partial charge on any atom is 0.239 e. The Balaban J connectivity index is 1.61. The smallest absolute Gasteiger partial charge is 0.239 e. The van der Waals surface area contributed by atoms with Crippen molar-refractivity contribution in [3.8, 4) is 0 Å². The Bertz CT molecular complexity index is 813. The fourth-order valence-corrected chi connectivity index (χ4v) is 3.79. The maximum absolute atomic E-state index is 12.4. The molecular formula is C20H28N4O2S. The lowest BCUT2D eigenvalue weighted by Crippen LogP contribution is -2.39. The average Bonchev–Trinajstić information content (AvgIpc) is 3.36. The van der Waals surface area contributed by atoms with Gasteiger partial charge in [0.1, 0.15) is 0 Å². The normalized spacial score (nSPS) is 13.9. The number of hydrogen-bond acceptors (Lipinski definition) is 4. The Morgan fingerprint density at radius 1 is 1.33 bits per heavy atom. The molecule has 1 N–H and O–H groups in total. The monoisotopic (exact) mass is 388 g/mol. The number of benzene rings is 1. The van der Waals surface area contributed by atoms with Crippen LogP contribution in [0, 0.1) is 5.92 Å². The molecule has 3 rings (SSSR count). The number of hydrogen-bond donors (Lipinski definition) is 1. The van der Waals surface area contributed by atoms with E-state index in [0.717, 1.165) is 42.0 Å². The van der Waals surface area contributed by atoms with Crippen LogP contribution in [0.25, 0.3) is 11.0 Å². The van der Waals surface area contributed by atoms with Gasteiger partial charge in [0.2, 0.25) is 11.8 Å². The number of aryl methyl sites for hydroxylation is 1. The van der Waals surface area contributed by atoms with E-state index >= 15 is 0 Å². The van der Waals surface area contributed by atoms with E-state index in [1.165, 1.54) is 16.7 Å². The molecule has 6 nitrogen and oxygen atoms in total. The largest absolute Gasteiger partial charge is 0.352 e. The van der Waals surface area contributed by atoms with Gasteiger partial charge < -0.3 is 14.8 Å². The highest BCUT2D eigenvalue weighted by Gasteiger charge is 2.24. The fourth-order valence-electron chi connectivity index (χ4n) is 2.81. The summed E-state index contributed by atoms with van der Waals surface area (Å²) in [6, 6.07) is 8.39. The van der Waals surface area contributed by atoms with Crippen LogP contribution in [0.3, 0.4) is 0 Å². The molecule has 0 spiro atoms. The molecule has 1 aliphatic rings. The van der Waals surface area contributed by atoms with Crippen LogP contribution in [0.5, 0.6) is 0 Å². The number of carbonyl (C=O) groups excluding carboxylic acids is 2. The molecule has 1 aliphatic carbocycles. The zero-order valence-corrected chi connectivity index (χ0v) is 17.1. The summed E-state index contributed by atoms with van der Waals surface area (Å²) in [6.45, 7) is 5.40. The molecule has 0 saturated heterocycles. The topological polar surface area (TPSA) is 67.2 Å². The van der Waals surface area contributed by atoms with E-state index in [1.54, 1.807) is 7.05 Å². The van der Waals surface area contributed by atoms with E-state index in [0.29, 0.717) is 12.0 Å². The van der Waals surface area contributed by atoms with Gasteiger partial charge in [-0.25, -0.2) is 4.98 Å². The Kier molecular flexibility index (Phi) is 6.42. The average molecular weight is 389 g/mol. The molecule has 1 aromatic carbocycles. The molecule has 1 heterocycles. The van der Waals surface area contributed by atoms with Gasteiger partial charge in [0, 0.05) is 19.6 Å². The minimum Gasteiger partial charge on any atom is -0.352 e. The summed E-state index contributed by atoms with van der Waals surface area (Å²) in [5.74, 6) is 0.732. The van der Waals surface area contributed by atoms with Gasteiger partial charge >= 0.3 is 0 Å².